The van der Waals surface area contributed by atoms with Gasteiger partial charge in [0, 0.05) is 12.0 Å². The number of rotatable bonds is 4. The smallest absolute Gasteiger partial charge is 0.164 e. The molecule has 2 rings (SSSR count). The van der Waals surface area contributed by atoms with Crippen LogP contribution in [0.4, 0.5) is 0 Å². The maximum atomic E-state index is 9.83. The number of hydrogen-bond acceptors (Lipinski definition) is 4. The Balaban J connectivity index is 0.000000703. The molecule has 0 saturated carbocycles. The number of carbonyl (C=O) groups is 1. The summed E-state index contributed by atoms with van der Waals surface area (Å²) in [6.45, 7) is 16.6. The van der Waals surface area contributed by atoms with E-state index in [1.807, 2.05) is 58.9 Å². The first-order valence-corrected chi connectivity index (χ1v) is 10.7. The molecule has 0 radical (unpaired) electrons. The van der Waals surface area contributed by atoms with Crippen molar-refractivity contribution >= 4 is 29.2 Å². The Kier molecular flexibility index (Phi) is 9.08. The zero-order valence-corrected chi connectivity index (χ0v) is 20.9. The van der Waals surface area contributed by atoms with Gasteiger partial charge >= 0.3 is 0 Å². The number of aryl methyl sites for hydroxylation is 2. The van der Waals surface area contributed by atoms with Gasteiger partial charge in [-0.3, -0.25) is 4.68 Å². The molecular weight excluding hydrogens is 410 g/mol. The van der Waals surface area contributed by atoms with Crippen molar-refractivity contribution in [3.8, 4) is 6.07 Å². The third kappa shape index (κ3) is 6.97. The third-order valence-electron chi connectivity index (χ3n) is 4.51. The van der Waals surface area contributed by atoms with E-state index in [4.69, 9.17) is 16.3 Å². The predicted octanol–water partition coefficient (Wildman–Crippen LogP) is 6.43. The summed E-state index contributed by atoms with van der Waals surface area (Å²) in [5, 5.41) is 14.7. The molecule has 0 fully saturated rings. The molecule has 0 aliphatic heterocycles. The van der Waals surface area contributed by atoms with Crippen LogP contribution in [0.3, 0.4) is 0 Å². The van der Waals surface area contributed by atoms with E-state index < -0.39 is 0 Å². The SMILES string of the molecule is CC(C)(C)C=O.CCn1nc(C)c(Cl)c1/C(OC)=C(\C#N)c1ccc(C(C)(C)C)cc1. The number of aromatic nitrogens is 2. The van der Waals surface area contributed by atoms with Gasteiger partial charge < -0.3 is 9.53 Å². The molecule has 1 aromatic carbocycles. The highest BCUT2D eigenvalue weighted by Gasteiger charge is 2.22. The van der Waals surface area contributed by atoms with Crippen molar-refractivity contribution in [3.63, 3.8) is 0 Å². The lowest BCUT2D eigenvalue weighted by atomic mass is 9.86. The molecule has 0 bridgehead atoms. The van der Waals surface area contributed by atoms with Crippen LogP contribution in [-0.4, -0.2) is 23.2 Å². The Morgan fingerprint density at radius 3 is 2.06 bits per heavy atom. The number of benzene rings is 1. The van der Waals surface area contributed by atoms with Gasteiger partial charge in [-0.2, -0.15) is 10.4 Å². The minimum absolute atomic E-state index is 0.0559. The second-order valence-electron chi connectivity index (χ2n) is 9.40. The molecule has 0 N–H and O–H groups in total. The van der Waals surface area contributed by atoms with Gasteiger partial charge in [-0.25, -0.2) is 0 Å². The Morgan fingerprint density at radius 1 is 1.19 bits per heavy atom. The van der Waals surface area contributed by atoms with E-state index in [-0.39, 0.29) is 10.8 Å². The average molecular weight is 444 g/mol. The number of allylic oxidation sites excluding steroid dienone is 1. The van der Waals surface area contributed by atoms with Crippen molar-refractivity contribution in [1.82, 2.24) is 9.78 Å². The lowest BCUT2D eigenvalue weighted by Crippen LogP contribution is -2.10. The van der Waals surface area contributed by atoms with Crippen molar-refractivity contribution in [3.05, 3.63) is 51.8 Å². The molecule has 0 unspecified atom stereocenters. The molecule has 0 amide bonds. The maximum absolute atomic E-state index is 9.83. The number of nitrogens with zero attached hydrogens (tertiary/aromatic N) is 3. The van der Waals surface area contributed by atoms with Crippen LogP contribution in [0.25, 0.3) is 11.3 Å². The topological polar surface area (TPSA) is 67.9 Å². The van der Waals surface area contributed by atoms with Gasteiger partial charge in [-0.15, -0.1) is 0 Å². The number of hydrogen-bond donors (Lipinski definition) is 0. The summed E-state index contributed by atoms with van der Waals surface area (Å²) in [5.41, 5.74) is 3.72. The number of halogens is 1. The maximum Gasteiger partial charge on any atom is 0.164 e. The largest absolute Gasteiger partial charge is 0.493 e. The van der Waals surface area contributed by atoms with Gasteiger partial charge in [0.05, 0.1) is 17.8 Å². The first-order valence-electron chi connectivity index (χ1n) is 10.3. The number of aldehydes is 1. The molecular formula is C25H34ClN3O2. The standard InChI is InChI=1S/C20H24ClN3O.C5H10O/c1-7-24-18(17(21)13(2)23-24)19(25-6)16(12-22)14-8-10-15(11-9-14)20(3,4)5;1-5(2,3)4-6/h8-11H,7H2,1-6H3;4H,1-3H3/b19-16-;. The summed E-state index contributed by atoms with van der Waals surface area (Å²) in [4.78, 5) is 9.83. The lowest BCUT2D eigenvalue weighted by Gasteiger charge is -2.19. The lowest BCUT2D eigenvalue weighted by molar-refractivity contribution is -0.113. The molecule has 6 heteroatoms. The fourth-order valence-corrected chi connectivity index (χ4v) is 2.93. The van der Waals surface area contributed by atoms with E-state index >= 15 is 0 Å². The Hall–Kier alpha value is -2.58. The summed E-state index contributed by atoms with van der Waals surface area (Å²) >= 11 is 6.43. The number of carbonyl (C=O) groups excluding carboxylic acids is 1. The van der Waals surface area contributed by atoms with Crippen LogP contribution in [0.2, 0.25) is 5.02 Å². The fraction of sp³-hybridized carbons (Fsp3) is 0.480. The molecule has 1 heterocycles. The van der Waals surface area contributed by atoms with Crippen molar-refractivity contribution < 1.29 is 9.53 Å². The van der Waals surface area contributed by atoms with Gasteiger partial charge in [0.2, 0.25) is 0 Å². The van der Waals surface area contributed by atoms with Crippen LogP contribution >= 0.6 is 11.6 Å². The Bertz CT molecular complexity index is 966. The van der Waals surface area contributed by atoms with E-state index in [9.17, 15) is 10.1 Å². The van der Waals surface area contributed by atoms with E-state index in [0.717, 1.165) is 11.8 Å². The number of methoxy groups -OCH3 is 1. The minimum Gasteiger partial charge on any atom is -0.493 e. The van der Waals surface area contributed by atoms with Crippen molar-refractivity contribution in [2.45, 2.75) is 67.3 Å². The van der Waals surface area contributed by atoms with E-state index in [0.29, 0.717) is 34.3 Å². The van der Waals surface area contributed by atoms with Gasteiger partial charge in [-0.05, 0) is 30.4 Å². The van der Waals surface area contributed by atoms with E-state index in [1.165, 1.54) is 5.56 Å². The Morgan fingerprint density at radius 2 is 1.71 bits per heavy atom. The highest BCUT2D eigenvalue weighted by molar-refractivity contribution is 6.33. The van der Waals surface area contributed by atoms with Crippen LogP contribution < -0.4 is 0 Å². The minimum atomic E-state index is -0.139. The van der Waals surface area contributed by atoms with Crippen LogP contribution in [0.15, 0.2) is 24.3 Å². The molecule has 0 aliphatic rings. The van der Waals surface area contributed by atoms with Crippen LogP contribution in [-0.2, 0) is 21.5 Å². The third-order valence-corrected chi connectivity index (χ3v) is 4.96. The molecule has 0 spiro atoms. The van der Waals surface area contributed by atoms with Crippen LogP contribution in [0, 0.1) is 23.7 Å². The highest BCUT2D eigenvalue weighted by atomic mass is 35.5. The first kappa shape index (κ1) is 26.5. The second-order valence-corrected chi connectivity index (χ2v) is 9.77. The number of nitriles is 1. The van der Waals surface area contributed by atoms with Crippen molar-refractivity contribution in [2.75, 3.05) is 7.11 Å². The average Bonchev–Trinajstić information content (AvgIpc) is 2.99. The van der Waals surface area contributed by atoms with Gasteiger partial charge in [0.1, 0.15) is 23.6 Å². The molecule has 1 aromatic heterocycles. The summed E-state index contributed by atoms with van der Waals surface area (Å²) in [5.74, 6) is 0.443. The molecule has 0 saturated heterocycles. The van der Waals surface area contributed by atoms with Crippen molar-refractivity contribution in [2.24, 2.45) is 5.41 Å². The van der Waals surface area contributed by atoms with Gasteiger partial charge in [0.25, 0.3) is 0 Å². The summed E-state index contributed by atoms with van der Waals surface area (Å²) in [6.07, 6.45) is 0.938. The monoisotopic (exact) mass is 443 g/mol. The zero-order chi connectivity index (χ0) is 24.0. The normalized spacial score (nSPS) is 12.3. The molecule has 31 heavy (non-hydrogen) atoms. The fourth-order valence-electron chi connectivity index (χ4n) is 2.71. The van der Waals surface area contributed by atoms with E-state index in [2.05, 4.69) is 31.9 Å². The molecule has 168 valence electrons. The Labute approximate surface area is 191 Å². The predicted molar refractivity (Wildman–Crippen MR) is 128 cm³/mol. The van der Waals surface area contributed by atoms with Crippen LogP contribution in [0.5, 0.6) is 0 Å². The van der Waals surface area contributed by atoms with Crippen molar-refractivity contribution in [1.29, 1.82) is 5.26 Å². The molecule has 0 atom stereocenters. The second kappa shape index (κ2) is 10.6. The molecule has 5 nitrogen and oxygen atoms in total. The van der Waals surface area contributed by atoms with Gasteiger partial charge in [-0.1, -0.05) is 77.4 Å². The zero-order valence-electron chi connectivity index (χ0n) is 20.1. The van der Waals surface area contributed by atoms with Crippen LogP contribution in [0.1, 0.15) is 71.0 Å². The summed E-state index contributed by atoms with van der Waals surface area (Å²) < 4.78 is 7.35. The number of ether oxygens (including phenoxy) is 1. The quantitative estimate of drug-likeness (QED) is 0.310. The van der Waals surface area contributed by atoms with E-state index in [1.54, 1.807) is 11.8 Å². The molecule has 2 aromatic rings. The highest BCUT2D eigenvalue weighted by Crippen LogP contribution is 2.33. The van der Waals surface area contributed by atoms with Gasteiger partial charge in [0.15, 0.2) is 5.76 Å². The summed E-state index contributed by atoms with van der Waals surface area (Å²) in [6, 6.07) is 10.3. The summed E-state index contributed by atoms with van der Waals surface area (Å²) in [7, 11) is 1.55. The first-order chi connectivity index (χ1) is 14.3. The molecule has 0 aliphatic carbocycles.